The van der Waals surface area contributed by atoms with Crippen LogP contribution in [0.4, 0.5) is 4.79 Å². The fourth-order valence-electron chi connectivity index (χ4n) is 3.15. The average Bonchev–Trinajstić information content (AvgIpc) is 2.60. The van der Waals surface area contributed by atoms with Crippen molar-refractivity contribution < 1.29 is 9.59 Å². The van der Waals surface area contributed by atoms with E-state index in [0.717, 1.165) is 31.2 Å². The molecule has 0 saturated heterocycles. The maximum atomic E-state index is 12.5. The van der Waals surface area contributed by atoms with Crippen molar-refractivity contribution >= 4 is 11.9 Å². The number of carbonyl (C=O) groups is 2. The first-order chi connectivity index (χ1) is 12.0. The van der Waals surface area contributed by atoms with Gasteiger partial charge in [-0.1, -0.05) is 39.2 Å². The third-order valence-corrected chi connectivity index (χ3v) is 4.46. The Bertz CT molecular complexity index is 542. The summed E-state index contributed by atoms with van der Waals surface area (Å²) in [7, 11) is 0. The van der Waals surface area contributed by atoms with E-state index in [0.29, 0.717) is 18.9 Å². The molecule has 1 aromatic rings. The summed E-state index contributed by atoms with van der Waals surface area (Å²) in [5.74, 6) is 0.153. The van der Waals surface area contributed by atoms with Crippen LogP contribution in [-0.2, 0) is 11.3 Å². The van der Waals surface area contributed by atoms with Gasteiger partial charge in [0.2, 0.25) is 5.91 Å². The predicted octanol–water partition coefficient (Wildman–Crippen LogP) is 2.74. The summed E-state index contributed by atoms with van der Waals surface area (Å²) in [5.41, 5.74) is 0.936. The molecule has 1 aliphatic rings. The Balaban J connectivity index is 1.85. The molecule has 3 amide bonds. The number of aromatic nitrogens is 1. The van der Waals surface area contributed by atoms with Crippen molar-refractivity contribution in [2.45, 2.75) is 71.0 Å². The highest BCUT2D eigenvalue weighted by Crippen LogP contribution is 2.17. The number of pyridine rings is 1. The summed E-state index contributed by atoms with van der Waals surface area (Å²) < 4.78 is 0. The quantitative estimate of drug-likeness (QED) is 0.710. The lowest BCUT2D eigenvalue weighted by Crippen LogP contribution is -2.52. The van der Waals surface area contributed by atoms with Crippen molar-refractivity contribution in [3.8, 4) is 0 Å². The van der Waals surface area contributed by atoms with Crippen LogP contribution >= 0.6 is 0 Å². The minimum Gasteiger partial charge on any atom is -0.350 e. The molecule has 0 unspecified atom stereocenters. The van der Waals surface area contributed by atoms with Crippen molar-refractivity contribution in [1.82, 2.24) is 20.9 Å². The molecule has 0 radical (unpaired) electrons. The Morgan fingerprint density at radius 1 is 1.24 bits per heavy atom. The summed E-state index contributed by atoms with van der Waals surface area (Å²) >= 11 is 0. The second kappa shape index (κ2) is 10.0. The number of carbonyl (C=O) groups excluding carboxylic acids is 2. The first kappa shape index (κ1) is 19.2. The molecule has 6 heteroatoms. The summed E-state index contributed by atoms with van der Waals surface area (Å²) in [6, 6.07) is 3.21. The third-order valence-electron chi connectivity index (χ3n) is 4.46. The van der Waals surface area contributed by atoms with E-state index in [1.807, 2.05) is 26.0 Å². The monoisotopic (exact) mass is 346 g/mol. The number of hydrogen-bond donors (Lipinski definition) is 3. The smallest absolute Gasteiger partial charge is 0.315 e. The molecular formula is C19H30N4O2. The molecule has 0 aliphatic heterocycles. The van der Waals surface area contributed by atoms with Crippen LogP contribution in [0.5, 0.6) is 0 Å². The van der Waals surface area contributed by atoms with E-state index in [9.17, 15) is 9.59 Å². The van der Waals surface area contributed by atoms with Crippen LogP contribution < -0.4 is 16.0 Å². The van der Waals surface area contributed by atoms with Gasteiger partial charge >= 0.3 is 6.03 Å². The molecule has 1 saturated carbocycles. The van der Waals surface area contributed by atoms with Gasteiger partial charge in [0.15, 0.2) is 0 Å². The topological polar surface area (TPSA) is 83.1 Å². The standard InChI is InChI=1S/C19H30N4O2/c1-14(2)11-17(18(24)21-13-15-7-6-10-20-12-15)23-19(25)22-16-8-4-3-5-9-16/h6-7,10,12,14,16-17H,3-5,8-9,11,13H2,1-2H3,(H,21,24)(H2,22,23,25)/t17-/m1/s1. The molecule has 1 aromatic heterocycles. The summed E-state index contributed by atoms with van der Waals surface area (Å²) in [4.78, 5) is 28.8. The van der Waals surface area contributed by atoms with E-state index in [2.05, 4.69) is 20.9 Å². The van der Waals surface area contributed by atoms with E-state index in [-0.39, 0.29) is 18.0 Å². The minimum atomic E-state index is -0.528. The fraction of sp³-hybridized carbons (Fsp3) is 0.632. The third kappa shape index (κ3) is 7.11. The molecule has 1 heterocycles. The van der Waals surface area contributed by atoms with Crippen molar-refractivity contribution in [2.24, 2.45) is 5.92 Å². The molecule has 3 N–H and O–H groups in total. The molecule has 1 atom stereocenters. The lowest BCUT2D eigenvalue weighted by molar-refractivity contribution is -0.123. The van der Waals surface area contributed by atoms with Gasteiger partial charge in [0.05, 0.1) is 0 Å². The summed E-state index contributed by atoms with van der Waals surface area (Å²) in [5, 5.41) is 8.76. The number of nitrogens with one attached hydrogen (secondary N) is 3. The maximum Gasteiger partial charge on any atom is 0.315 e. The predicted molar refractivity (Wildman–Crippen MR) is 97.9 cm³/mol. The van der Waals surface area contributed by atoms with Gasteiger partial charge in [-0.15, -0.1) is 0 Å². The lowest BCUT2D eigenvalue weighted by atomic mass is 9.96. The van der Waals surface area contributed by atoms with Crippen LogP contribution in [0.3, 0.4) is 0 Å². The minimum absolute atomic E-state index is 0.156. The van der Waals surface area contributed by atoms with Crippen LogP contribution in [0, 0.1) is 5.92 Å². The van der Waals surface area contributed by atoms with Crippen LogP contribution in [0.2, 0.25) is 0 Å². The normalized spacial score (nSPS) is 16.3. The van der Waals surface area contributed by atoms with Gasteiger partial charge in [-0.3, -0.25) is 9.78 Å². The zero-order valence-electron chi connectivity index (χ0n) is 15.3. The molecular weight excluding hydrogens is 316 g/mol. The van der Waals surface area contributed by atoms with E-state index < -0.39 is 6.04 Å². The highest BCUT2D eigenvalue weighted by Gasteiger charge is 2.23. The van der Waals surface area contributed by atoms with E-state index in [1.165, 1.54) is 6.42 Å². The van der Waals surface area contributed by atoms with Gasteiger partial charge in [-0.25, -0.2) is 4.79 Å². The van der Waals surface area contributed by atoms with Crippen molar-refractivity contribution in [3.63, 3.8) is 0 Å². The highest BCUT2D eigenvalue weighted by atomic mass is 16.2. The SMILES string of the molecule is CC(C)C[C@@H](NC(=O)NC1CCCCC1)C(=O)NCc1cccnc1. The zero-order chi connectivity index (χ0) is 18.1. The van der Waals surface area contributed by atoms with E-state index in [1.54, 1.807) is 12.4 Å². The molecule has 1 aliphatic carbocycles. The second-order valence-corrected chi connectivity index (χ2v) is 7.21. The molecule has 0 bridgehead atoms. The van der Waals surface area contributed by atoms with E-state index in [4.69, 9.17) is 0 Å². The second-order valence-electron chi connectivity index (χ2n) is 7.21. The van der Waals surface area contributed by atoms with Crippen LogP contribution in [0.1, 0.15) is 57.9 Å². The van der Waals surface area contributed by atoms with Gasteiger partial charge in [0.1, 0.15) is 6.04 Å². The van der Waals surface area contributed by atoms with Crippen molar-refractivity contribution in [1.29, 1.82) is 0 Å². The van der Waals surface area contributed by atoms with Crippen LogP contribution in [0.25, 0.3) is 0 Å². The number of hydrogen-bond acceptors (Lipinski definition) is 3. The van der Waals surface area contributed by atoms with Gasteiger partial charge in [0, 0.05) is 25.0 Å². The van der Waals surface area contributed by atoms with Gasteiger partial charge in [-0.05, 0) is 36.8 Å². The van der Waals surface area contributed by atoms with Crippen molar-refractivity contribution in [3.05, 3.63) is 30.1 Å². The molecule has 6 nitrogen and oxygen atoms in total. The zero-order valence-corrected chi connectivity index (χ0v) is 15.3. The summed E-state index contributed by atoms with van der Waals surface area (Å²) in [6.45, 7) is 4.50. The molecule has 0 spiro atoms. The van der Waals surface area contributed by atoms with Gasteiger partial charge in [0.25, 0.3) is 0 Å². The first-order valence-corrected chi connectivity index (χ1v) is 9.28. The van der Waals surface area contributed by atoms with Crippen LogP contribution in [-0.4, -0.2) is 29.0 Å². The highest BCUT2D eigenvalue weighted by molar-refractivity contribution is 5.87. The Hall–Kier alpha value is -2.11. The fourth-order valence-corrected chi connectivity index (χ4v) is 3.15. The Kier molecular flexibility index (Phi) is 7.70. The van der Waals surface area contributed by atoms with Crippen LogP contribution in [0.15, 0.2) is 24.5 Å². The Morgan fingerprint density at radius 3 is 2.64 bits per heavy atom. The number of rotatable bonds is 7. The lowest BCUT2D eigenvalue weighted by Gasteiger charge is -2.25. The average molecular weight is 346 g/mol. The number of urea groups is 1. The van der Waals surface area contributed by atoms with Gasteiger partial charge in [-0.2, -0.15) is 0 Å². The first-order valence-electron chi connectivity index (χ1n) is 9.28. The molecule has 2 rings (SSSR count). The summed E-state index contributed by atoms with van der Waals surface area (Å²) in [6.07, 6.45) is 9.64. The van der Waals surface area contributed by atoms with Crippen molar-refractivity contribution in [2.75, 3.05) is 0 Å². The molecule has 1 fully saturated rings. The number of amides is 3. The largest absolute Gasteiger partial charge is 0.350 e. The van der Waals surface area contributed by atoms with E-state index >= 15 is 0 Å². The van der Waals surface area contributed by atoms with Gasteiger partial charge < -0.3 is 16.0 Å². The molecule has 0 aromatic carbocycles. The number of nitrogens with zero attached hydrogens (tertiary/aromatic N) is 1. The Morgan fingerprint density at radius 2 is 2.00 bits per heavy atom. The maximum absolute atomic E-state index is 12.5. The molecule has 138 valence electrons. The molecule has 25 heavy (non-hydrogen) atoms. The Labute approximate surface area is 150 Å².